The molecule has 1 aromatic heterocycles. The number of hydrogen-bond donors (Lipinski definition) is 1. The molecule has 2 rings (SSSR count). The molecule has 0 aliphatic heterocycles. The average Bonchev–Trinajstić information content (AvgIpc) is 2.29. The van der Waals surface area contributed by atoms with Crippen LogP contribution < -0.4 is 5.32 Å². The van der Waals surface area contributed by atoms with Gasteiger partial charge >= 0.3 is 0 Å². The van der Waals surface area contributed by atoms with Crippen LogP contribution in [-0.2, 0) is 0 Å². The van der Waals surface area contributed by atoms with Crippen LogP contribution in [0, 0.1) is 6.92 Å². The van der Waals surface area contributed by atoms with Crippen molar-refractivity contribution >= 4 is 21.6 Å². The monoisotopic (exact) mass is 290 g/mol. The lowest BCUT2D eigenvalue weighted by Gasteiger charge is -2.16. The number of nitrogens with one attached hydrogen (secondary N) is 1. The summed E-state index contributed by atoms with van der Waals surface area (Å²) in [7, 11) is 0. The van der Waals surface area contributed by atoms with Crippen molar-refractivity contribution in [3.8, 4) is 0 Å². The summed E-state index contributed by atoms with van der Waals surface area (Å²) in [6.45, 7) is 4.15. The SMILES string of the molecule is Cc1cc(NC(C)c2cccc(Br)c2)ccn1. The first-order valence-electron chi connectivity index (χ1n) is 5.60. The number of rotatable bonds is 3. The molecule has 2 aromatic rings. The molecule has 1 N–H and O–H groups in total. The number of aryl methyl sites for hydroxylation is 1. The van der Waals surface area contributed by atoms with Crippen molar-refractivity contribution < 1.29 is 0 Å². The summed E-state index contributed by atoms with van der Waals surface area (Å²) in [5.74, 6) is 0. The largest absolute Gasteiger partial charge is 0.378 e. The maximum absolute atomic E-state index is 4.19. The Balaban J connectivity index is 2.14. The quantitative estimate of drug-likeness (QED) is 0.910. The van der Waals surface area contributed by atoms with Crippen LogP contribution >= 0.6 is 15.9 Å². The highest BCUT2D eigenvalue weighted by Gasteiger charge is 2.05. The van der Waals surface area contributed by atoms with Gasteiger partial charge in [-0.05, 0) is 43.7 Å². The van der Waals surface area contributed by atoms with E-state index in [0.29, 0.717) is 0 Å². The van der Waals surface area contributed by atoms with Crippen LogP contribution in [0.25, 0.3) is 0 Å². The van der Waals surface area contributed by atoms with E-state index in [2.05, 4.69) is 57.4 Å². The molecule has 0 saturated heterocycles. The fourth-order valence-electron chi connectivity index (χ4n) is 1.74. The summed E-state index contributed by atoms with van der Waals surface area (Å²) in [4.78, 5) is 4.19. The molecule has 1 aromatic carbocycles. The predicted molar refractivity (Wildman–Crippen MR) is 75.2 cm³/mol. The molecule has 0 saturated carbocycles. The maximum atomic E-state index is 4.19. The number of pyridine rings is 1. The van der Waals surface area contributed by atoms with Gasteiger partial charge in [0.1, 0.15) is 0 Å². The lowest BCUT2D eigenvalue weighted by molar-refractivity contribution is 0.882. The second-order valence-electron chi connectivity index (χ2n) is 4.11. The minimum Gasteiger partial charge on any atom is -0.378 e. The lowest BCUT2D eigenvalue weighted by atomic mass is 10.1. The van der Waals surface area contributed by atoms with Gasteiger partial charge in [0, 0.05) is 28.1 Å². The van der Waals surface area contributed by atoms with Crippen LogP contribution in [0.5, 0.6) is 0 Å². The minimum atomic E-state index is 0.272. The molecule has 1 unspecified atom stereocenters. The van der Waals surface area contributed by atoms with E-state index < -0.39 is 0 Å². The predicted octanol–water partition coefficient (Wildman–Crippen LogP) is 4.33. The number of hydrogen-bond acceptors (Lipinski definition) is 2. The summed E-state index contributed by atoms with van der Waals surface area (Å²) < 4.78 is 1.11. The van der Waals surface area contributed by atoms with Crippen LogP contribution in [0.2, 0.25) is 0 Å². The molecule has 0 spiro atoms. The topological polar surface area (TPSA) is 24.9 Å². The Morgan fingerprint density at radius 2 is 2.06 bits per heavy atom. The normalized spacial score (nSPS) is 12.2. The third-order valence-corrected chi connectivity index (χ3v) is 3.12. The highest BCUT2D eigenvalue weighted by molar-refractivity contribution is 9.10. The van der Waals surface area contributed by atoms with Crippen molar-refractivity contribution in [3.05, 3.63) is 58.3 Å². The van der Waals surface area contributed by atoms with Gasteiger partial charge in [-0.2, -0.15) is 0 Å². The third-order valence-electron chi connectivity index (χ3n) is 2.63. The Morgan fingerprint density at radius 1 is 1.24 bits per heavy atom. The molecule has 0 aliphatic rings. The Labute approximate surface area is 110 Å². The number of anilines is 1. The van der Waals surface area contributed by atoms with Crippen molar-refractivity contribution in [2.75, 3.05) is 5.32 Å². The molecule has 2 nitrogen and oxygen atoms in total. The highest BCUT2D eigenvalue weighted by atomic mass is 79.9. The number of aromatic nitrogens is 1. The second-order valence-corrected chi connectivity index (χ2v) is 5.02. The standard InChI is InChI=1S/C14H15BrN2/c1-10-8-14(6-7-16-10)17-11(2)12-4-3-5-13(15)9-12/h3-9,11H,1-2H3,(H,16,17). The average molecular weight is 291 g/mol. The van der Waals surface area contributed by atoms with Crippen LogP contribution in [0.3, 0.4) is 0 Å². The number of benzene rings is 1. The third kappa shape index (κ3) is 3.30. The molecule has 17 heavy (non-hydrogen) atoms. The minimum absolute atomic E-state index is 0.272. The molecule has 0 radical (unpaired) electrons. The van der Waals surface area contributed by atoms with E-state index in [1.807, 2.05) is 25.3 Å². The molecule has 1 heterocycles. The smallest absolute Gasteiger partial charge is 0.0486 e. The Bertz CT molecular complexity index is 511. The second kappa shape index (κ2) is 5.32. The van der Waals surface area contributed by atoms with E-state index in [0.717, 1.165) is 15.9 Å². The van der Waals surface area contributed by atoms with Crippen molar-refractivity contribution in [3.63, 3.8) is 0 Å². The Morgan fingerprint density at radius 3 is 2.76 bits per heavy atom. The van der Waals surface area contributed by atoms with Gasteiger partial charge in [0.2, 0.25) is 0 Å². The van der Waals surface area contributed by atoms with Gasteiger partial charge in [-0.3, -0.25) is 4.98 Å². The summed E-state index contributed by atoms with van der Waals surface area (Å²) >= 11 is 3.49. The fraction of sp³-hybridized carbons (Fsp3) is 0.214. The molecule has 3 heteroatoms. The first-order valence-corrected chi connectivity index (χ1v) is 6.39. The van der Waals surface area contributed by atoms with Crippen LogP contribution in [-0.4, -0.2) is 4.98 Å². The van der Waals surface area contributed by atoms with Gasteiger partial charge in [0.25, 0.3) is 0 Å². The molecular weight excluding hydrogens is 276 g/mol. The molecule has 0 fully saturated rings. The lowest BCUT2D eigenvalue weighted by Crippen LogP contribution is -2.06. The van der Waals surface area contributed by atoms with E-state index in [1.54, 1.807) is 0 Å². The summed E-state index contributed by atoms with van der Waals surface area (Å²) in [6.07, 6.45) is 1.82. The van der Waals surface area contributed by atoms with Gasteiger partial charge in [-0.15, -0.1) is 0 Å². The van der Waals surface area contributed by atoms with Crippen LogP contribution in [0.1, 0.15) is 24.2 Å². The zero-order chi connectivity index (χ0) is 12.3. The van der Waals surface area contributed by atoms with Crippen LogP contribution in [0.15, 0.2) is 47.1 Å². The molecule has 0 aliphatic carbocycles. The van der Waals surface area contributed by atoms with E-state index in [1.165, 1.54) is 5.56 Å². The van der Waals surface area contributed by atoms with Gasteiger partial charge in [-0.25, -0.2) is 0 Å². The molecule has 88 valence electrons. The zero-order valence-corrected chi connectivity index (χ0v) is 11.5. The first kappa shape index (κ1) is 12.1. The van der Waals surface area contributed by atoms with Gasteiger partial charge in [-0.1, -0.05) is 28.1 Å². The highest BCUT2D eigenvalue weighted by Crippen LogP contribution is 2.21. The molecule has 1 atom stereocenters. The summed E-state index contributed by atoms with van der Waals surface area (Å²) in [5, 5.41) is 3.47. The first-order chi connectivity index (χ1) is 8.15. The Hall–Kier alpha value is -1.35. The van der Waals surface area contributed by atoms with Crippen molar-refractivity contribution in [1.29, 1.82) is 0 Å². The van der Waals surface area contributed by atoms with E-state index >= 15 is 0 Å². The van der Waals surface area contributed by atoms with E-state index in [-0.39, 0.29) is 6.04 Å². The van der Waals surface area contributed by atoms with Crippen molar-refractivity contribution in [1.82, 2.24) is 4.98 Å². The van der Waals surface area contributed by atoms with Gasteiger partial charge in [0.15, 0.2) is 0 Å². The fourth-order valence-corrected chi connectivity index (χ4v) is 2.16. The maximum Gasteiger partial charge on any atom is 0.0486 e. The van der Waals surface area contributed by atoms with Gasteiger partial charge in [0.05, 0.1) is 0 Å². The zero-order valence-electron chi connectivity index (χ0n) is 9.94. The number of nitrogens with zero attached hydrogens (tertiary/aromatic N) is 1. The van der Waals surface area contributed by atoms with E-state index in [4.69, 9.17) is 0 Å². The van der Waals surface area contributed by atoms with E-state index in [9.17, 15) is 0 Å². The molecule has 0 amide bonds. The molecular formula is C14H15BrN2. The molecule has 0 bridgehead atoms. The Kier molecular flexibility index (Phi) is 3.79. The summed E-state index contributed by atoms with van der Waals surface area (Å²) in [5.41, 5.74) is 3.38. The number of halogens is 1. The van der Waals surface area contributed by atoms with Crippen molar-refractivity contribution in [2.45, 2.75) is 19.9 Å². The van der Waals surface area contributed by atoms with Gasteiger partial charge < -0.3 is 5.32 Å². The summed E-state index contributed by atoms with van der Waals surface area (Å²) in [6, 6.07) is 12.6. The van der Waals surface area contributed by atoms with Crippen molar-refractivity contribution in [2.24, 2.45) is 0 Å². The van der Waals surface area contributed by atoms with Crippen LogP contribution in [0.4, 0.5) is 5.69 Å².